The summed E-state index contributed by atoms with van der Waals surface area (Å²) in [7, 11) is 1.76. The van der Waals surface area contributed by atoms with Crippen LogP contribution in [-0.4, -0.2) is 77.1 Å². The average molecular weight is 600 g/mol. The quantitative estimate of drug-likeness (QED) is 0.364. The molecule has 3 aromatic rings. The summed E-state index contributed by atoms with van der Waals surface area (Å²) in [4.78, 5) is 38.4. The van der Waals surface area contributed by atoms with Gasteiger partial charge in [0.15, 0.2) is 5.75 Å². The molecule has 4 rings (SSSR count). The minimum atomic E-state index is -5.08. The number of carbonyl (C=O) groups excluding carboxylic acids is 1. The van der Waals surface area contributed by atoms with Gasteiger partial charge in [-0.15, -0.1) is 11.3 Å². The van der Waals surface area contributed by atoms with E-state index < -0.39 is 12.1 Å². The number of hydrogen-bond donors (Lipinski definition) is 2. The summed E-state index contributed by atoms with van der Waals surface area (Å²) in [6.45, 7) is 11.0. The number of thiophene rings is 1. The van der Waals surface area contributed by atoms with Gasteiger partial charge < -0.3 is 24.5 Å². The first-order valence-corrected chi connectivity index (χ1v) is 14.2. The molecule has 2 N–H and O–H groups in total. The molecule has 226 valence electrons. The predicted octanol–water partition coefficient (Wildman–Crippen LogP) is 4.79. The Kier molecular flexibility index (Phi) is 10.8. The molecule has 0 saturated carbocycles. The van der Waals surface area contributed by atoms with Crippen molar-refractivity contribution >= 4 is 44.2 Å². The molecule has 1 saturated heterocycles. The molecule has 0 bridgehead atoms. The molecule has 0 spiro atoms. The Morgan fingerprint density at radius 1 is 1.22 bits per heavy atom. The highest BCUT2D eigenvalue weighted by Gasteiger charge is 2.38. The van der Waals surface area contributed by atoms with Crippen LogP contribution in [0.2, 0.25) is 0 Å². The second kappa shape index (κ2) is 13.7. The van der Waals surface area contributed by atoms with Gasteiger partial charge >= 0.3 is 12.1 Å². The third-order valence-electron chi connectivity index (χ3n) is 6.76. The van der Waals surface area contributed by atoms with Crippen molar-refractivity contribution in [1.29, 1.82) is 0 Å². The van der Waals surface area contributed by atoms with Gasteiger partial charge in [-0.2, -0.15) is 13.2 Å². The van der Waals surface area contributed by atoms with E-state index in [2.05, 4.69) is 37.9 Å². The number of halogens is 3. The lowest BCUT2D eigenvalue weighted by atomic mass is 10.1. The van der Waals surface area contributed by atoms with E-state index in [1.807, 2.05) is 24.3 Å². The van der Waals surface area contributed by atoms with Gasteiger partial charge in [-0.3, -0.25) is 14.5 Å². The summed E-state index contributed by atoms with van der Waals surface area (Å²) >= 11 is 1.33. The van der Waals surface area contributed by atoms with Gasteiger partial charge in [0.05, 0.1) is 16.3 Å². The number of amides is 1. The zero-order valence-corrected chi connectivity index (χ0v) is 24.5. The number of carbonyl (C=O) groups is 2. The molecule has 3 heterocycles. The van der Waals surface area contributed by atoms with E-state index in [9.17, 15) is 22.8 Å². The number of rotatable bonds is 9. The predicted molar refractivity (Wildman–Crippen MR) is 152 cm³/mol. The molecule has 1 aromatic carbocycles. The number of aryl methyl sites for hydroxylation is 1. The number of fused-ring (bicyclic) bond motifs is 3. The molecule has 13 heteroatoms. The Morgan fingerprint density at radius 2 is 1.85 bits per heavy atom. The highest BCUT2D eigenvalue weighted by molar-refractivity contribution is 7.22. The number of aliphatic carboxylic acids is 1. The molecular formula is C28H36F3N3O6S. The van der Waals surface area contributed by atoms with Crippen LogP contribution in [0.5, 0.6) is 5.75 Å². The van der Waals surface area contributed by atoms with Gasteiger partial charge in [-0.05, 0) is 46.6 Å². The number of benzene rings is 1. The number of nitrogens with zero attached hydrogens (tertiary/aromatic N) is 2. The largest absolute Gasteiger partial charge is 0.490 e. The minimum absolute atomic E-state index is 0.0131. The van der Waals surface area contributed by atoms with Crippen LogP contribution in [0.3, 0.4) is 0 Å². The number of para-hydroxylation sites is 1. The first-order valence-electron chi connectivity index (χ1n) is 13.4. The van der Waals surface area contributed by atoms with E-state index in [-0.39, 0.29) is 17.6 Å². The van der Waals surface area contributed by atoms with Crippen LogP contribution in [0.1, 0.15) is 50.2 Å². The Bertz CT molecular complexity index is 1420. The molecular weight excluding hydrogens is 563 g/mol. The lowest BCUT2D eigenvalue weighted by Gasteiger charge is -2.30. The van der Waals surface area contributed by atoms with Crippen molar-refractivity contribution in [2.45, 2.75) is 64.9 Å². The standard InChI is InChI=1S/C26H35N3O4S.C2HF3O2/c1-16(2)29(17(3)4)13-12-27-25(30)24-22(33-15-18-9-8-14-32-18)21-23(34-24)19-10-6-7-11-20(19)28(5)26(21)31;3-2(4,5)1(6)7/h6-7,10-11,16-18H,8-9,12-15H2,1-5H3,(H,27,30);(H,6,7). The second-order valence-electron chi connectivity index (χ2n) is 10.3. The number of carboxylic acid groups (broad SMARTS) is 1. The lowest BCUT2D eigenvalue weighted by molar-refractivity contribution is -0.192. The Hall–Kier alpha value is -3.16. The normalized spacial score (nSPS) is 15.5. The van der Waals surface area contributed by atoms with E-state index in [0.717, 1.165) is 41.6 Å². The van der Waals surface area contributed by atoms with Gasteiger partial charge in [0.25, 0.3) is 11.5 Å². The molecule has 1 aliphatic heterocycles. The molecule has 1 atom stereocenters. The summed E-state index contributed by atoms with van der Waals surface area (Å²) in [5, 5.41) is 11.6. The fourth-order valence-electron chi connectivity index (χ4n) is 4.77. The molecule has 9 nitrogen and oxygen atoms in total. The van der Waals surface area contributed by atoms with E-state index in [0.29, 0.717) is 41.2 Å². The number of alkyl halides is 3. The molecule has 1 amide bonds. The fraction of sp³-hybridized carbons (Fsp3) is 0.536. The number of hydrogen-bond acceptors (Lipinski definition) is 7. The van der Waals surface area contributed by atoms with Gasteiger partial charge in [0, 0.05) is 44.2 Å². The van der Waals surface area contributed by atoms with E-state index >= 15 is 0 Å². The highest BCUT2D eigenvalue weighted by Crippen LogP contribution is 2.40. The maximum absolute atomic E-state index is 13.4. The van der Waals surface area contributed by atoms with E-state index in [1.165, 1.54) is 11.3 Å². The number of aromatic nitrogens is 1. The molecule has 1 fully saturated rings. The SMILES string of the molecule is CC(C)N(CCNC(=O)c1sc2c(c1OCC1CCCO1)c(=O)n(C)c1ccccc21)C(C)C.O=C(O)C(F)(F)F. The van der Waals surface area contributed by atoms with Crippen molar-refractivity contribution in [1.82, 2.24) is 14.8 Å². The van der Waals surface area contributed by atoms with E-state index in [4.69, 9.17) is 19.4 Å². The van der Waals surface area contributed by atoms with Gasteiger partial charge in [-0.25, -0.2) is 4.79 Å². The third-order valence-corrected chi connectivity index (χ3v) is 7.96. The van der Waals surface area contributed by atoms with Crippen LogP contribution in [0, 0.1) is 0 Å². The van der Waals surface area contributed by atoms with E-state index in [1.54, 1.807) is 11.6 Å². The van der Waals surface area contributed by atoms with Gasteiger partial charge in [-0.1, -0.05) is 18.2 Å². The monoisotopic (exact) mass is 599 g/mol. The maximum atomic E-state index is 13.4. The van der Waals surface area contributed by atoms with Crippen LogP contribution < -0.4 is 15.6 Å². The van der Waals surface area contributed by atoms with Crippen LogP contribution >= 0.6 is 11.3 Å². The molecule has 1 unspecified atom stereocenters. The number of ether oxygens (including phenoxy) is 2. The van der Waals surface area contributed by atoms with Crippen LogP contribution in [0.15, 0.2) is 29.1 Å². The van der Waals surface area contributed by atoms with Gasteiger partial charge in [0.2, 0.25) is 0 Å². The summed E-state index contributed by atoms with van der Waals surface area (Å²) in [5.74, 6) is -2.58. The number of carboxylic acids is 1. The summed E-state index contributed by atoms with van der Waals surface area (Å²) in [5.41, 5.74) is 0.681. The van der Waals surface area contributed by atoms with Crippen LogP contribution in [0.25, 0.3) is 21.0 Å². The van der Waals surface area contributed by atoms with Crippen molar-refractivity contribution < 1.29 is 37.3 Å². The highest BCUT2D eigenvalue weighted by atomic mass is 32.1. The number of pyridine rings is 1. The smallest absolute Gasteiger partial charge is 0.488 e. The molecule has 0 radical (unpaired) electrons. The average Bonchev–Trinajstić information content (AvgIpc) is 3.56. The lowest BCUT2D eigenvalue weighted by Crippen LogP contribution is -2.42. The summed E-state index contributed by atoms with van der Waals surface area (Å²) < 4.78 is 46.1. The maximum Gasteiger partial charge on any atom is 0.490 e. The Morgan fingerprint density at radius 3 is 2.41 bits per heavy atom. The molecule has 2 aromatic heterocycles. The Balaban J connectivity index is 0.000000587. The van der Waals surface area contributed by atoms with Crippen molar-refractivity contribution in [2.75, 3.05) is 26.3 Å². The van der Waals surface area contributed by atoms with Crippen molar-refractivity contribution in [2.24, 2.45) is 7.05 Å². The Labute approximate surface area is 239 Å². The molecule has 0 aliphatic carbocycles. The summed E-state index contributed by atoms with van der Waals surface area (Å²) in [6, 6.07) is 8.56. The second-order valence-corrected chi connectivity index (χ2v) is 11.3. The third kappa shape index (κ3) is 7.77. The first-order chi connectivity index (χ1) is 19.2. The van der Waals surface area contributed by atoms with Crippen LogP contribution in [0.4, 0.5) is 13.2 Å². The van der Waals surface area contributed by atoms with Crippen molar-refractivity contribution in [3.05, 3.63) is 39.5 Å². The molecule has 1 aliphatic rings. The fourth-order valence-corrected chi connectivity index (χ4v) is 5.95. The van der Waals surface area contributed by atoms with Gasteiger partial charge in [0.1, 0.15) is 16.9 Å². The minimum Gasteiger partial charge on any atom is -0.488 e. The van der Waals surface area contributed by atoms with Crippen molar-refractivity contribution in [3.8, 4) is 5.75 Å². The zero-order valence-electron chi connectivity index (χ0n) is 23.7. The summed E-state index contributed by atoms with van der Waals surface area (Å²) in [6.07, 6.45) is -3.17. The molecule has 41 heavy (non-hydrogen) atoms. The van der Waals surface area contributed by atoms with Crippen LogP contribution in [-0.2, 0) is 16.6 Å². The first kappa shape index (κ1) is 32.4. The topological polar surface area (TPSA) is 110 Å². The zero-order chi connectivity index (χ0) is 30.5. The number of nitrogens with one attached hydrogen (secondary N) is 1. The van der Waals surface area contributed by atoms with Crippen molar-refractivity contribution in [3.63, 3.8) is 0 Å².